The number of aliphatic hydroxyl groups excluding tert-OH is 1. The number of H-pyrrole nitrogens is 1. The number of rotatable bonds is 1. The van der Waals surface area contributed by atoms with Gasteiger partial charge in [0.25, 0.3) is 0 Å². The zero-order chi connectivity index (χ0) is 14.2. The van der Waals surface area contributed by atoms with E-state index in [4.69, 9.17) is 22.0 Å². The van der Waals surface area contributed by atoms with Crippen molar-refractivity contribution in [1.82, 2.24) is 9.97 Å². The third kappa shape index (κ3) is 2.48. The Hall–Kier alpha value is -2.20. The van der Waals surface area contributed by atoms with Crippen LogP contribution in [0.1, 0.15) is 5.82 Å². The van der Waals surface area contributed by atoms with Gasteiger partial charge in [0.1, 0.15) is 11.6 Å². The average molecular weight is 288 g/mol. The lowest BCUT2D eigenvalue weighted by atomic mass is 10.2. The maximum atomic E-state index is 12.4. The van der Waals surface area contributed by atoms with Gasteiger partial charge in [-0.05, 0) is 18.2 Å². The molecule has 0 radical (unpaired) electrons. The predicted octanol–water partition coefficient (Wildman–Crippen LogP) is 3.57. The monoisotopic (exact) mass is 287 g/mol. The first-order chi connectivity index (χ1) is 8.82. The Morgan fingerprint density at radius 1 is 1.42 bits per heavy atom. The molecular weight excluding hydrogens is 283 g/mol. The fourth-order valence-corrected chi connectivity index (χ4v) is 1.63. The molecular formula is C11H5ClF3N3O. The molecule has 1 aromatic heterocycles. The lowest BCUT2D eigenvalue weighted by molar-refractivity contribution is -0.119. The topological polar surface area (TPSA) is 72.7 Å². The zero-order valence-electron chi connectivity index (χ0n) is 9.09. The van der Waals surface area contributed by atoms with Gasteiger partial charge in [-0.1, -0.05) is 11.6 Å². The van der Waals surface area contributed by atoms with E-state index in [-0.39, 0.29) is 5.82 Å². The van der Waals surface area contributed by atoms with Crippen LogP contribution in [0, 0.1) is 11.3 Å². The van der Waals surface area contributed by atoms with E-state index in [9.17, 15) is 13.2 Å². The molecule has 0 fully saturated rings. The molecule has 8 heteroatoms. The second-order valence-electron chi connectivity index (χ2n) is 3.58. The Labute approximate surface area is 109 Å². The molecule has 0 unspecified atom stereocenters. The summed E-state index contributed by atoms with van der Waals surface area (Å²) >= 11 is 5.72. The number of aliphatic hydroxyl groups is 1. The number of hydrogen-bond acceptors (Lipinski definition) is 3. The molecule has 0 aliphatic rings. The van der Waals surface area contributed by atoms with Gasteiger partial charge in [-0.15, -0.1) is 0 Å². The largest absolute Gasteiger partial charge is 0.503 e. The van der Waals surface area contributed by atoms with E-state index in [0.717, 1.165) is 0 Å². The number of benzene rings is 1. The quantitative estimate of drug-likeness (QED) is 0.622. The van der Waals surface area contributed by atoms with Gasteiger partial charge in [-0.2, -0.15) is 18.4 Å². The zero-order valence-corrected chi connectivity index (χ0v) is 9.84. The highest BCUT2D eigenvalue weighted by Gasteiger charge is 2.38. The van der Waals surface area contributed by atoms with Crippen LogP contribution in [0.15, 0.2) is 24.0 Å². The number of fused-ring (bicyclic) bond motifs is 1. The minimum absolute atomic E-state index is 0.335. The second-order valence-corrected chi connectivity index (χ2v) is 4.02. The number of aromatic nitrogens is 2. The number of halogens is 4. The molecule has 19 heavy (non-hydrogen) atoms. The van der Waals surface area contributed by atoms with Gasteiger partial charge >= 0.3 is 6.18 Å². The van der Waals surface area contributed by atoms with Crippen LogP contribution in [-0.2, 0) is 0 Å². The van der Waals surface area contributed by atoms with Crippen molar-refractivity contribution in [2.75, 3.05) is 0 Å². The molecule has 4 nitrogen and oxygen atoms in total. The number of imidazole rings is 1. The van der Waals surface area contributed by atoms with Crippen molar-refractivity contribution in [2.45, 2.75) is 6.18 Å². The number of hydrogen-bond donors (Lipinski definition) is 2. The van der Waals surface area contributed by atoms with Crippen molar-refractivity contribution in [3.05, 3.63) is 34.8 Å². The van der Waals surface area contributed by atoms with E-state index in [2.05, 4.69) is 9.97 Å². The van der Waals surface area contributed by atoms with Gasteiger partial charge in [0.2, 0.25) is 5.76 Å². The van der Waals surface area contributed by atoms with Crippen molar-refractivity contribution >= 4 is 28.2 Å². The molecule has 1 aromatic carbocycles. The van der Waals surface area contributed by atoms with Crippen molar-refractivity contribution in [3.63, 3.8) is 0 Å². The maximum absolute atomic E-state index is 12.4. The molecule has 2 rings (SSSR count). The summed E-state index contributed by atoms with van der Waals surface area (Å²) in [5.74, 6) is -2.35. The molecule has 98 valence electrons. The molecule has 0 saturated heterocycles. The minimum Gasteiger partial charge on any atom is -0.503 e. The van der Waals surface area contributed by atoms with E-state index in [0.29, 0.717) is 16.1 Å². The molecule has 0 saturated carbocycles. The smallest absolute Gasteiger partial charge is 0.450 e. The minimum atomic E-state index is -5.01. The second kappa shape index (κ2) is 4.48. The van der Waals surface area contributed by atoms with E-state index >= 15 is 0 Å². The number of nitrogens with one attached hydrogen (secondary N) is 1. The summed E-state index contributed by atoms with van der Waals surface area (Å²) < 4.78 is 37.1. The van der Waals surface area contributed by atoms with Crippen LogP contribution >= 0.6 is 11.6 Å². The summed E-state index contributed by atoms with van der Waals surface area (Å²) in [6.07, 6.45) is -5.01. The first-order valence-electron chi connectivity index (χ1n) is 4.89. The third-order valence-electron chi connectivity index (χ3n) is 2.30. The van der Waals surface area contributed by atoms with Crippen LogP contribution in [0.4, 0.5) is 13.2 Å². The predicted molar refractivity (Wildman–Crippen MR) is 62.3 cm³/mol. The van der Waals surface area contributed by atoms with Crippen molar-refractivity contribution in [2.24, 2.45) is 0 Å². The summed E-state index contributed by atoms with van der Waals surface area (Å²) in [6, 6.07) is 5.73. The van der Waals surface area contributed by atoms with Gasteiger partial charge in [0.05, 0.1) is 11.0 Å². The Morgan fingerprint density at radius 2 is 2.11 bits per heavy atom. The third-order valence-corrected chi connectivity index (χ3v) is 2.53. The average Bonchev–Trinajstić information content (AvgIpc) is 2.71. The fraction of sp³-hybridized carbons (Fsp3) is 0.0909. The van der Waals surface area contributed by atoms with Gasteiger partial charge in [0.15, 0.2) is 5.82 Å². The highest BCUT2D eigenvalue weighted by molar-refractivity contribution is 6.31. The summed E-state index contributed by atoms with van der Waals surface area (Å²) in [7, 11) is 0. The van der Waals surface area contributed by atoms with Crippen molar-refractivity contribution < 1.29 is 18.3 Å². The molecule has 0 aliphatic heterocycles. The summed E-state index contributed by atoms with van der Waals surface area (Å²) in [5.41, 5.74) is -0.271. The molecule has 0 bridgehead atoms. The van der Waals surface area contributed by atoms with Crippen LogP contribution in [0.25, 0.3) is 16.6 Å². The van der Waals surface area contributed by atoms with E-state index in [1.54, 1.807) is 0 Å². The van der Waals surface area contributed by atoms with Gasteiger partial charge < -0.3 is 10.1 Å². The van der Waals surface area contributed by atoms with Crippen LogP contribution < -0.4 is 0 Å². The van der Waals surface area contributed by atoms with Crippen LogP contribution in [0.3, 0.4) is 0 Å². The number of alkyl halides is 3. The first kappa shape index (κ1) is 13.2. The number of nitrogens with zero attached hydrogens (tertiary/aromatic N) is 2. The molecule has 0 atom stereocenters. The van der Waals surface area contributed by atoms with Crippen molar-refractivity contribution in [3.8, 4) is 6.07 Å². The van der Waals surface area contributed by atoms with Crippen LogP contribution in [0.2, 0.25) is 5.02 Å². The number of allylic oxidation sites excluding steroid dienone is 2. The molecule has 2 N–H and O–H groups in total. The standard InChI is InChI=1S/C11H5ClF3N3O/c12-5-1-2-7-8(3-5)18-10(17-7)6(4-16)9(19)11(13,14)15/h1-3,19H,(H,17,18). The lowest BCUT2D eigenvalue weighted by Gasteiger charge is -2.05. The number of nitriles is 1. The van der Waals surface area contributed by atoms with Gasteiger partial charge in [0, 0.05) is 5.02 Å². The maximum Gasteiger partial charge on any atom is 0.450 e. The molecule has 2 aromatic rings. The normalized spacial score (nSPS) is 13.2. The number of aromatic amines is 1. The summed E-state index contributed by atoms with van der Waals surface area (Å²) in [5, 5.41) is 18.1. The highest BCUT2D eigenvalue weighted by Crippen LogP contribution is 2.30. The Balaban J connectivity index is 2.63. The van der Waals surface area contributed by atoms with E-state index in [1.807, 2.05) is 0 Å². The highest BCUT2D eigenvalue weighted by atomic mass is 35.5. The Morgan fingerprint density at radius 3 is 2.68 bits per heavy atom. The van der Waals surface area contributed by atoms with Gasteiger partial charge in [-0.3, -0.25) is 0 Å². The molecule has 1 heterocycles. The fourth-order valence-electron chi connectivity index (χ4n) is 1.46. The van der Waals surface area contributed by atoms with E-state index < -0.39 is 17.5 Å². The Kier molecular flexibility index (Phi) is 3.12. The Bertz CT molecular complexity index is 712. The molecule has 0 aliphatic carbocycles. The summed E-state index contributed by atoms with van der Waals surface area (Å²) in [4.78, 5) is 6.31. The molecule has 0 spiro atoms. The van der Waals surface area contributed by atoms with E-state index in [1.165, 1.54) is 24.3 Å². The first-order valence-corrected chi connectivity index (χ1v) is 5.27. The van der Waals surface area contributed by atoms with Crippen LogP contribution in [-0.4, -0.2) is 21.3 Å². The van der Waals surface area contributed by atoms with Gasteiger partial charge in [-0.25, -0.2) is 4.98 Å². The van der Waals surface area contributed by atoms with Crippen LogP contribution in [0.5, 0.6) is 0 Å². The SMILES string of the molecule is N#CC(=C(O)C(F)(F)F)c1nc2ccc(Cl)cc2[nH]1. The van der Waals surface area contributed by atoms with Crippen molar-refractivity contribution in [1.29, 1.82) is 5.26 Å². The lowest BCUT2D eigenvalue weighted by Crippen LogP contribution is -2.13. The summed E-state index contributed by atoms with van der Waals surface area (Å²) in [6.45, 7) is 0. The molecule has 0 amide bonds.